The third-order valence-corrected chi connectivity index (χ3v) is 5.05. The Hall–Kier alpha value is -2.41. The molecule has 1 unspecified atom stereocenters. The number of fused-ring (bicyclic) bond motifs is 1. The number of amides is 2. The Balaban J connectivity index is 1.85. The first-order chi connectivity index (χ1) is 12.5. The number of unbranched alkanes of at least 4 members (excludes halogenated alkanes) is 3. The summed E-state index contributed by atoms with van der Waals surface area (Å²) in [5, 5.41) is 11.1. The number of carbonyl (C=O) groups excluding carboxylic acids is 2. The molecule has 0 saturated carbocycles. The number of aromatic nitrogens is 2. The number of aliphatic hydroxyl groups excluding tert-OH is 1. The standard InChI is InChI=1S/C19H25N3O4/c1-21-16-12-13(6-4-2-3-5-11-23)7-8-14(16)22(19(21)26)15-9-10-17(24)20-18(15)25/h7-8,12,15,23H,2-6,9-11H2,1H3,(H,20,24,25). The first kappa shape index (κ1) is 18.4. The van der Waals surface area contributed by atoms with Gasteiger partial charge in [0.25, 0.3) is 0 Å². The molecular weight excluding hydrogens is 334 g/mol. The minimum Gasteiger partial charge on any atom is -0.396 e. The molecule has 26 heavy (non-hydrogen) atoms. The van der Waals surface area contributed by atoms with Crippen LogP contribution in [0.2, 0.25) is 0 Å². The van der Waals surface area contributed by atoms with E-state index in [0.29, 0.717) is 6.42 Å². The number of rotatable bonds is 7. The summed E-state index contributed by atoms with van der Waals surface area (Å²) in [6, 6.07) is 5.25. The molecule has 3 rings (SSSR count). The topological polar surface area (TPSA) is 93.3 Å². The van der Waals surface area contributed by atoms with Crippen molar-refractivity contribution in [1.29, 1.82) is 0 Å². The summed E-state index contributed by atoms with van der Waals surface area (Å²) in [6.07, 6.45) is 5.45. The lowest BCUT2D eigenvalue weighted by molar-refractivity contribution is -0.135. The predicted molar refractivity (Wildman–Crippen MR) is 97.9 cm³/mol. The van der Waals surface area contributed by atoms with E-state index < -0.39 is 11.9 Å². The van der Waals surface area contributed by atoms with Crippen molar-refractivity contribution in [3.05, 3.63) is 34.2 Å². The zero-order valence-electron chi connectivity index (χ0n) is 15.0. The van der Waals surface area contributed by atoms with Crippen LogP contribution < -0.4 is 11.0 Å². The SMILES string of the molecule is Cn1c(=O)n(C2CCC(=O)NC2=O)c2ccc(CCCCCCO)cc21. The van der Waals surface area contributed by atoms with Gasteiger partial charge in [-0.1, -0.05) is 18.9 Å². The number of carbonyl (C=O) groups is 2. The third-order valence-electron chi connectivity index (χ3n) is 5.05. The molecule has 1 aliphatic rings. The van der Waals surface area contributed by atoms with Crippen molar-refractivity contribution in [1.82, 2.24) is 14.5 Å². The number of benzene rings is 1. The molecule has 7 heteroatoms. The van der Waals surface area contributed by atoms with E-state index in [1.54, 1.807) is 11.6 Å². The van der Waals surface area contributed by atoms with E-state index in [4.69, 9.17) is 5.11 Å². The molecule has 1 fully saturated rings. The lowest BCUT2D eigenvalue weighted by Crippen LogP contribution is -2.44. The van der Waals surface area contributed by atoms with Gasteiger partial charge in [-0.15, -0.1) is 0 Å². The van der Waals surface area contributed by atoms with Gasteiger partial charge in [-0.25, -0.2) is 4.79 Å². The quantitative estimate of drug-likeness (QED) is 0.577. The lowest BCUT2D eigenvalue weighted by Gasteiger charge is -2.21. The van der Waals surface area contributed by atoms with Crippen LogP contribution in [0.1, 0.15) is 50.1 Å². The normalized spacial score (nSPS) is 17.7. The van der Waals surface area contributed by atoms with Crippen LogP contribution in [0.4, 0.5) is 0 Å². The summed E-state index contributed by atoms with van der Waals surface area (Å²) in [5.41, 5.74) is 2.43. The Morgan fingerprint density at radius 3 is 2.62 bits per heavy atom. The molecule has 7 nitrogen and oxygen atoms in total. The highest BCUT2D eigenvalue weighted by Gasteiger charge is 2.31. The molecule has 0 radical (unpaired) electrons. The number of hydrogen-bond acceptors (Lipinski definition) is 4. The van der Waals surface area contributed by atoms with Gasteiger partial charge < -0.3 is 5.11 Å². The lowest BCUT2D eigenvalue weighted by atomic mass is 10.0. The van der Waals surface area contributed by atoms with Crippen LogP contribution in [0.3, 0.4) is 0 Å². The minimum atomic E-state index is -0.645. The average Bonchev–Trinajstić information content (AvgIpc) is 2.86. The number of piperidine rings is 1. The van der Waals surface area contributed by atoms with Crippen molar-refractivity contribution in [2.45, 2.75) is 51.0 Å². The van der Waals surface area contributed by atoms with Gasteiger partial charge in [0.1, 0.15) is 6.04 Å². The van der Waals surface area contributed by atoms with E-state index in [9.17, 15) is 14.4 Å². The molecule has 1 atom stereocenters. The number of nitrogens with zero attached hydrogens (tertiary/aromatic N) is 2. The van der Waals surface area contributed by atoms with Gasteiger partial charge in [-0.3, -0.25) is 24.0 Å². The van der Waals surface area contributed by atoms with Crippen LogP contribution >= 0.6 is 0 Å². The summed E-state index contributed by atoms with van der Waals surface area (Å²) in [4.78, 5) is 36.3. The Morgan fingerprint density at radius 1 is 1.12 bits per heavy atom. The van der Waals surface area contributed by atoms with Crippen molar-refractivity contribution in [3.63, 3.8) is 0 Å². The highest BCUT2D eigenvalue weighted by Crippen LogP contribution is 2.24. The fraction of sp³-hybridized carbons (Fsp3) is 0.526. The van der Waals surface area contributed by atoms with E-state index in [-0.39, 0.29) is 24.6 Å². The van der Waals surface area contributed by atoms with Crippen molar-refractivity contribution >= 4 is 22.8 Å². The molecular formula is C19H25N3O4. The Labute approximate surface area is 151 Å². The van der Waals surface area contributed by atoms with Crippen LogP contribution in [0.25, 0.3) is 11.0 Å². The highest BCUT2D eigenvalue weighted by atomic mass is 16.3. The number of imidazole rings is 1. The second kappa shape index (κ2) is 7.86. The van der Waals surface area contributed by atoms with Crippen LogP contribution in [0.5, 0.6) is 0 Å². The molecule has 140 valence electrons. The largest absolute Gasteiger partial charge is 0.396 e. The maximum absolute atomic E-state index is 12.7. The van der Waals surface area contributed by atoms with Crippen molar-refractivity contribution in [2.75, 3.05) is 6.61 Å². The Bertz CT molecular complexity index is 881. The molecule has 0 bridgehead atoms. The van der Waals surface area contributed by atoms with Crippen molar-refractivity contribution in [3.8, 4) is 0 Å². The summed E-state index contributed by atoms with van der Waals surface area (Å²) >= 11 is 0. The fourth-order valence-corrected chi connectivity index (χ4v) is 3.59. The second-order valence-corrected chi connectivity index (χ2v) is 6.89. The van der Waals surface area contributed by atoms with Crippen LogP contribution in [0, 0.1) is 0 Å². The van der Waals surface area contributed by atoms with E-state index in [0.717, 1.165) is 48.7 Å². The van der Waals surface area contributed by atoms with Crippen molar-refractivity contribution < 1.29 is 14.7 Å². The summed E-state index contributed by atoms with van der Waals surface area (Å²) < 4.78 is 3.07. The number of aryl methyl sites for hydroxylation is 2. The van der Waals surface area contributed by atoms with Gasteiger partial charge in [-0.05, 0) is 43.4 Å². The van der Waals surface area contributed by atoms with E-state index in [1.807, 2.05) is 18.2 Å². The number of imide groups is 1. The summed E-state index contributed by atoms with van der Waals surface area (Å²) in [5.74, 6) is -0.702. The minimum absolute atomic E-state index is 0.238. The average molecular weight is 359 g/mol. The third kappa shape index (κ3) is 3.58. The fourth-order valence-electron chi connectivity index (χ4n) is 3.59. The monoisotopic (exact) mass is 359 g/mol. The van der Waals surface area contributed by atoms with Gasteiger partial charge in [-0.2, -0.15) is 0 Å². The van der Waals surface area contributed by atoms with Crippen molar-refractivity contribution in [2.24, 2.45) is 7.05 Å². The van der Waals surface area contributed by atoms with Gasteiger partial charge >= 0.3 is 5.69 Å². The first-order valence-electron chi connectivity index (χ1n) is 9.17. The molecule has 2 N–H and O–H groups in total. The molecule has 1 aliphatic heterocycles. The Kier molecular flexibility index (Phi) is 5.56. The zero-order valence-corrected chi connectivity index (χ0v) is 15.0. The van der Waals surface area contributed by atoms with E-state index in [1.165, 1.54) is 4.57 Å². The summed E-state index contributed by atoms with van der Waals surface area (Å²) in [6.45, 7) is 0.238. The second-order valence-electron chi connectivity index (χ2n) is 6.89. The highest BCUT2D eigenvalue weighted by molar-refractivity contribution is 6.00. The number of aliphatic hydroxyl groups is 1. The molecule has 1 saturated heterocycles. The van der Waals surface area contributed by atoms with Gasteiger partial charge in [0, 0.05) is 20.1 Å². The molecule has 1 aromatic heterocycles. The number of nitrogens with one attached hydrogen (secondary N) is 1. The van der Waals surface area contributed by atoms with Crippen LogP contribution in [-0.2, 0) is 23.1 Å². The summed E-state index contributed by atoms with van der Waals surface area (Å²) in [7, 11) is 1.71. The molecule has 0 spiro atoms. The van der Waals surface area contributed by atoms with E-state index in [2.05, 4.69) is 5.32 Å². The zero-order chi connectivity index (χ0) is 18.7. The molecule has 2 amide bonds. The van der Waals surface area contributed by atoms with E-state index >= 15 is 0 Å². The molecule has 2 aromatic rings. The van der Waals surface area contributed by atoms with Gasteiger partial charge in [0.2, 0.25) is 11.8 Å². The predicted octanol–water partition coefficient (Wildman–Crippen LogP) is 1.41. The number of hydrogen-bond donors (Lipinski definition) is 2. The Morgan fingerprint density at radius 2 is 1.88 bits per heavy atom. The first-order valence-corrected chi connectivity index (χ1v) is 9.17. The van der Waals surface area contributed by atoms with Gasteiger partial charge in [0.15, 0.2) is 0 Å². The van der Waals surface area contributed by atoms with Crippen LogP contribution in [0.15, 0.2) is 23.0 Å². The maximum Gasteiger partial charge on any atom is 0.329 e. The molecule has 2 heterocycles. The molecule has 1 aromatic carbocycles. The molecule has 0 aliphatic carbocycles. The van der Waals surface area contributed by atoms with Crippen LogP contribution in [-0.4, -0.2) is 32.7 Å². The van der Waals surface area contributed by atoms with Gasteiger partial charge in [0.05, 0.1) is 11.0 Å². The smallest absolute Gasteiger partial charge is 0.329 e. The maximum atomic E-state index is 12.7.